The van der Waals surface area contributed by atoms with Gasteiger partial charge >= 0.3 is 0 Å². The summed E-state index contributed by atoms with van der Waals surface area (Å²) in [6.07, 6.45) is 2.94. The summed E-state index contributed by atoms with van der Waals surface area (Å²) < 4.78 is 1.05. The molecule has 1 aromatic heterocycles. The highest BCUT2D eigenvalue weighted by molar-refractivity contribution is 9.10. The van der Waals surface area contributed by atoms with E-state index < -0.39 is 0 Å². The molecular weight excluding hydrogens is 282 g/mol. The summed E-state index contributed by atoms with van der Waals surface area (Å²) in [5, 5.41) is 8.96. The van der Waals surface area contributed by atoms with Crippen molar-refractivity contribution in [2.45, 2.75) is 6.42 Å². The van der Waals surface area contributed by atoms with Crippen LogP contribution in [0.3, 0.4) is 0 Å². The molecule has 2 rings (SSSR count). The Morgan fingerprint density at radius 1 is 1.29 bits per heavy atom. The monoisotopic (exact) mass is 299 g/mol. The lowest BCUT2D eigenvalue weighted by atomic mass is 10.3. The number of nitrogens with zero attached hydrogens (tertiary/aromatic N) is 3. The third kappa shape index (κ3) is 3.40. The van der Waals surface area contributed by atoms with Crippen molar-refractivity contribution in [2.24, 2.45) is 0 Å². The lowest BCUT2D eigenvalue weighted by Crippen LogP contribution is -2.32. The minimum atomic E-state index is 0.243. The zero-order valence-electron chi connectivity index (χ0n) is 9.85. The van der Waals surface area contributed by atoms with Gasteiger partial charge in [0.2, 0.25) is 0 Å². The second-order valence-corrected chi connectivity index (χ2v) is 5.07. The molecule has 0 radical (unpaired) electrons. The number of halogens is 1. The van der Waals surface area contributed by atoms with E-state index in [0.717, 1.165) is 49.4 Å². The van der Waals surface area contributed by atoms with Crippen LogP contribution in [0.2, 0.25) is 0 Å². The van der Waals surface area contributed by atoms with E-state index >= 15 is 0 Å². The van der Waals surface area contributed by atoms with E-state index in [1.807, 2.05) is 18.3 Å². The van der Waals surface area contributed by atoms with Gasteiger partial charge in [-0.1, -0.05) is 0 Å². The Labute approximate surface area is 110 Å². The molecule has 2 heterocycles. The van der Waals surface area contributed by atoms with Crippen LogP contribution in [0.15, 0.2) is 22.8 Å². The van der Waals surface area contributed by atoms with Crippen molar-refractivity contribution in [1.29, 1.82) is 0 Å². The van der Waals surface area contributed by atoms with Crippen LogP contribution in [0.1, 0.15) is 6.42 Å². The lowest BCUT2D eigenvalue weighted by molar-refractivity contribution is 0.204. The van der Waals surface area contributed by atoms with Crippen LogP contribution < -0.4 is 4.90 Å². The molecule has 1 fully saturated rings. The summed E-state index contributed by atoms with van der Waals surface area (Å²) in [4.78, 5) is 9.04. The van der Waals surface area contributed by atoms with Crippen LogP contribution in [0.5, 0.6) is 0 Å². The fraction of sp³-hybridized carbons (Fsp3) is 0.583. The Morgan fingerprint density at radius 2 is 2.18 bits per heavy atom. The van der Waals surface area contributed by atoms with Crippen molar-refractivity contribution < 1.29 is 5.11 Å². The van der Waals surface area contributed by atoms with Crippen molar-refractivity contribution in [3.05, 3.63) is 22.8 Å². The first kappa shape index (κ1) is 12.8. The highest BCUT2D eigenvalue weighted by Gasteiger charge is 2.16. The summed E-state index contributed by atoms with van der Waals surface area (Å²) in [5.74, 6) is 1.03. The summed E-state index contributed by atoms with van der Waals surface area (Å²) in [7, 11) is 0. The lowest BCUT2D eigenvalue weighted by Gasteiger charge is -2.23. The Balaban J connectivity index is 2.01. The quantitative estimate of drug-likeness (QED) is 0.915. The van der Waals surface area contributed by atoms with Crippen LogP contribution in [0.25, 0.3) is 0 Å². The predicted molar refractivity (Wildman–Crippen MR) is 72.3 cm³/mol. The second-order valence-electron chi connectivity index (χ2n) is 4.21. The molecule has 5 heteroatoms. The zero-order chi connectivity index (χ0) is 12.1. The number of aliphatic hydroxyl groups is 1. The highest BCUT2D eigenvalue weighted by atomic mass is 79.9. The molecular formula is C12H18BrN3O. The van der Waals surface area contributed by atoms with E-state index in [1.165, 1.54) is 0 Å². The molecule has 0 aliphatic carbocycles. The topological polar surface area (TPSA) is 39.6 Å². The third-order valence-electron chi connectivity index (χ3n) is 3.04. The number of aliphatic hydroxyl groups excluding tert-OH is 1. The molecule has 0 unspecified atom stereocenters. The van der Waals surface area contributed by atoms with E-state index in [4.69, 9.17) is 5.11 Å². The Kier molecular flexibility index (Phi) is 4.76. The maximum atomic E-state index is 8.96. The summed E-state index contributed by atoms with van der Waals surface area (Å²) in [5.41, 5.74) is 0. The van der Waals surface area contributed by atoms with E-state index in [1.54, 1.807) is 0 Å². The minimum absolute atomic E-state index is 0.243. The third-order valence-corrected chi connectivity index (χ3v) is 3.66. The fourth-order valence-electron chi connectivity index (χ4n) is 2.16. The van der Waals surface area contributed by atoms with E-state index in [2.05, 4.69) is 30.7 Å². The largest absolute Gasteiger partial charge is 0.395 e. The van der Waals surface area contributed by atoms with Gasteiger partial charge in [0.15, 0.2) is 0 Å². The standard InChI is InChI=1S/C12H18BrN3O/c13-11-3-1-4-14-12(11)16-6-2-5-15(7-8-16)9-10-17/h1,3-4,17H,2,5-10H2. The van der Waals surface area contributed by atoms with Gasteiger partial charge < -0.3 is 10.0 Å². The van der Waals surface area contributed by atoms with Crippen molar-refractivity contribution in [3.8, 4) is 0 Å². The van der Waals surface area contributed by atoms with Crippen molar-refractivity contribution in [1.82, 2.24) is 9.88 Å². The number of rotatable bonds is 3. The average Bonchev–Trinajstić information content (AvgIpc) is 2.56. The number of β-amino-alcohol motifs (C(OH)–C–C–N with tert-alkyl or cyclic N) is 1. The maximum absolute atomic E-state index is 8.96. The van der Waals surface area contributed by atoms with Gasteiger partial charge in [-0.2, -0.15) is 0 Å². The van der Waals surface area contributed by atoms with E-state index in [9.17, 15) is 0 Å². The molecule has 0 aromatic carbocycles. The summed E-state index contributed by atoms with van der Waals surface area (Å²) in [6.45, 7) is 5.06. The SMILES string of the molecule is OCCN1CCCN(c2ncccc2Br)CC1. The van der Waals surface area contributed by atoms with Gasteiger partial charge in [0.25, 0.3) is 0 Å². The molecule has 0 saturated carbocycles. The van der Waals surface area contributed by atoms with Gasteiger partial charge in [-0.05, 0) is 41.0 Å². The fourth-order valence-corrected chi connectivity index (χ4v) is 2.66. The van der Waals surface area contributed by atoms with Crippen LogP contribution in [0, 0.1) is 0 Å². The Hall–Kier alpha value is -0.650. The van der Waals surface area contributed by atoms with Crippen LogP contribution >= 0.6 is 15.9 Å². The molecule has 1 aliphatic rings. The first-order valence-electron chi connectivity index (χ1n) is 6.00. The maximum Gasteiger partial charge on any atom is 0.142 e. The molecule has 4 nitrogen and oxygen atoms in total. The number of hydrogen-bond acceptors (Lipinski definition) is 4. The Morgan fingerprint density at radius 3 is 2.94 bits per heavy atom. The molecule has 0 bridgehead atoms. The molecule has 17 heavy (non-hydrogen) atoms. The molecule has 94 valence electrons. The predicted octanol–water partition coefficient (Wildman–Crippen LogP) is 1.35. The molecule has 0 amide bonds. The van der Waals surface area contributed by atoms with E-state index in [0.29, 0.717) is 0 Å². The van der Waals surface area contributed by atoms with Crippen molar-refractivity contribution in [3.63, 3.8) is 0 Å². The highest BCUT2D eigenvalue weighted by Crippen LogP contribution is 2.23. The zero-order valence-corrected chi connectivity index (χ0v) is 11.4. The van der Waals surface area contributed by atoms with Gasteiger partial charge in [0.05, 0.1) is 11.1 Å². The van der Waals surface area contributed by atoms with Crippen molar-refractivity contribution in [2.75, 3.05) is 44.2 Å². The molecule has 1 saturated heterocycles. The number of hydrogen-bond donors (Lipinski definition) is 1. The number of aromatic nitrogens is 1. The van der Waals surface area contributed by atoms with Crippen LogP contribution in [-0.2, 0) is 0 Å². The van der Waals surface area contributed by atoms with Gasteiger partial charge in [-0.25, -0.2) is 4.98 Å². The first-order chi connectivity index (χ1) is 8.31. The molecule has 1 aromatic rings. The smallest absolute Gasteiger partial charge is 0.142 e. The van der Waals surface area contributed by atoms with Crippen LogP contribution in [-0.4, -0.2) is 54.3 Å². The second kappa shape index (κ2) is 6.33. The molecule has 1 aliphatic heterocycles. The van der Waals surface area contributed by atoms with E-state index in [-0.39, 0.29) is 6.61 Å². The number of anilines is 1. The minimum Gasteiger partial charge on any atom is -0.395 e. The molecule has 0 spiro atoms. The van der Waals surface area contributed by atoms with Crippen LogP contribution in [0.4, 0.5) is 5.82 Å². The van der Waals surface area contributed by atoms with Gasteiger partial charge in [0.1, 0.15) is 5.82 Å². The normalized spacial score (nSPS) is 18.1. The summed E-state index contributed by atoms with van der Waals surface area (Å²) in [6, 6.07) is 3.96. The number of pyridine rings is 1. The van der Waals surface area contributed by atoms with Gasteiger partial charge in [-0.15, -0.1) is 0 Å². The van der Waals surface area contributed by atoms with Gasteiger partial charge in [-0.3, -0.25) is 4.90 Å². The average molecular weight is 300 g/mol. The van der Waals surface area contributed by atoms with Crippen molar-refractivity contribution >= 4 is 21.7 Å². The molecule has 1 N–H and O–H groups in total. The first-order valence-corrected chi connectivity index (χ1v) is 6.79. The Bertz CT molecular complexity index is 361. The molecule has 0 atom stereocenters. The summed E-state index contributed by atoms with van der Waals surface area (Å²) >= 11 is 3.55. The van der Waals surface area contributed by atoms with Gasteiger partial charge in [0, 0.05) is 32.4 Å².